The number of furan rings is 1. The number of anilines is 1. The normalized spacial score (nSPS) is 14.1. The predicted octanol–water partition coefficient (Wildman–Crippen LogP) is 1.18. The highest BCUT2D eigenvalue weighted by molar-refractivity contribution is 6.35. The molecular formula is C20H26N4O3. The van der Waals surface area contributed by atoms with Gasteiger partial charge in [-0.1, -0.05) is 18.2 Å². The Morgan fingerprint density at radius 1 is 1.15 bits per heavy atom. The van der Waals surface area contributed by atoms with Gasteiger partial charge in [-0.25, -0.2) is 0 Å². The van der Waals surface area contributed by atoms with Crippen molar-refractivity contribution in [1.29, 1.82) is 0 Å². The van der Waals surface area contributed by atoms with Gasteiger partial charge < -0.3 is 24.9 Å². The van der Waals surface area contributed by atoms with E-state index < -0.39 is 11.8 Å². The molecule has 0 aliphatic carbocycles. The third-order valence-electron chi connectivity index (χ3n) is 4.68. The number of carbonyl (C=O) groups excluding carboxylic acids is 2. The van der Waals surface area contributed by atoms with E-state index in [-0.39, 0.29) is 6.04 Å². The first kappa shape index (κ1) is 19.0. The van der Waals surface area contributed by atoms with Crippen LogP contribution in [0.2, 0.25) is 0 Å². The molecule has 1 unspecified atom stereocenters. The van der Waals surface area contributed by atoms with Gasteiger partial charge in [0.15, 0.2) is 0 Å². The lowest BCUT2D eigenvalue weighted by molar-refractivity contribution is -0.139. The number of nitrogens with zero attached hydrogens (tertiary/aromatic N) is 2. The lowest BCUT2D eigenvalue weighted by Gasteiger charge is -2.29. The Hall–Kier alpha value is -2.80. The Balaban J connectivity index is 1.64. The fourth-order valence-corrected chi connectivity index (χ4v) is 3.28. The van der Waals surface area contributed by atoms with Crippen LogP contribution in [-0.2, 0) is 16.0 Å². The standard InChI is InChI=1S/C20H26N4O3/c1-23(2)12-10-21-19(25)20(26)22-14-17(18-8-5-13-27-18)24-11-9-15-6-3-4-7-16(15)24/h3-8,13,17H,9-12,14H2,1-2H3,(H,21,25)(H,22,26). The molecule has 0 fully saturated rings. The minimum absolute atomic E-state index is 0.165. The molecule has 0 spiro atoms. The number of amides is 2. The monoisotopic (exact) mass is 370 g/mol. The van der Waals surface area contributed by atoms with Gasteiger partial charge in [0.25, 0.3) is 0 Å². The van der Waals surface area contributed by atoms with E-state index in [1.54, 1.807) is 6.26 Å². The van der Waals surface area contributed by atoms with Crippen LogP contribution in [0.3, 0.4) is 0 Å². The van der Waals surface area contributed by atoms with Gasteiger partial charge in [0.05, 0.1) is 6.26 Å². The third-order valence-corrected chi connectivity index (χ3v) is 4.68. The molecule has 27 heavy (non-hydrogen) atoms. The smallest absolute Gasteiger partial charge is 0.309 e. The van der Waals surface area contributed by atoms with Crippen molar-refractivity contribution in [3.05, 3.63) is 54.0 Å². The number of benzene rings is 1. The third kappa shape index (κ3) is 4.68. The number of hydrogen-bond acceptors (Lipinski definition) is 5. The van der Waals surface area contributed by atoms with Gasteiger partial charge >= 0.3 is 11.8 Å². The van der Waals surface area contributed by atoms with Crippen LogP contribution >= 0.6 is 0 Å². The van der Waals surface area contributed by atoms with E-state index in [0.29, 0.717) is 19.6 Å². The van der Waals surface area contributed by atoms with E-state index >= 15 is 0 Å². The Kier molecular flexibility index (Phi) is 6.13. The second kappa shape index (κ2) is 8.73. The number of para-hydroxylation sites is 1. The molecular weight excluding hydrogens is 344 g/mol. The van der Waals surface area contributed by atoms with Crippen LogP contribution in [0.4, 0.5) is 5.69 Å². The van der Waals surface area contributed by atoms with Gasteiger partial charge in [-0.2, -0.15) is 0 Å². The van der Waals surface area contributed by atoms with Crippen molar-refractivity contribution in [3.63, 3.8) is 0 Å². The number of likely N-dealkylation sites (N-methyl/N-ethyl adjacent to an activating group) is 1. The van der Waals surface area contributed by atoms with Gasteiger partial charge in [0.1, 0.15) is 11.8 Å². The van der Waals surface area contributed by atoms with Crippen LogP contribution in [-0.4, -0.2) is 57.0 Å². The Labute approximate surface area is 159 Å². The maximum atomic E-state index is 12.2. The summed E-state index contributed by atoms with van der Waals surface area (Å²) in [5, 5.41) is 5.38. The van der Waals surface area contributed by atoms with E-state index in [4.69, 9.17) is 4.42 Å². The number of hydrogen-bond donors (Lipinski definition) is 2. The van der Waals surface area contributed by atoms with Crippen LogP contribution in [0.5, 0.6) is 0 Å². The highest BCUT2D eigenvalue weighted by Gasteiger charge is 2.29. The van der Waals surface area contributed by atoms with E-state index in [9.17, 15) is 9.59 Å². The molecule has 7 nitrogen and oxygen atoms in total. The van der Waals surface area contributed by atoms with Crippen LogP contribution in [0.15, 0.2) is 47.1 Å². The summed E-state index contributed by atoms with van der Waals surface area (Å²) in [6.07, 6.45) is 2.58. The van der Waals surface area contributed by atoms with Crippen molar-refractivity contribution in [1.82, 2.24) is 15.5 Å². The van der Waals surface area contributed by atoms with Crippen LogP contribution in [0, 0.1) is 0 Å². The second-order valence-corrected chi connectivity index (χ2v) is 6.87. The van der Waals surface area contributed by atoms with Gasteiger partial charge in [-0.15, -0.1) is 0 Å². The zero-order chi connectivity index (χ0) is 19.2. The molecule has 0 radical (unpaired) electrons. The summed E-state index contributed by atoms with van der Waals surface area (Å²) in [6, 6.07) is 11.8. The number of carbonyl (C=O) groups is 2. The van der Waals surface area contributed by atoms with Crippen molar-refractivity contribution in [3.8, 4) is 0 Å². The predicted molar refractivity (Wildman–Crippen MR) is 104 cm³/mol. The van der Waals surface area contributed by atoms with E-state index in [0.717, 1.165) is 24.4 Å². The largest absolute Gasteiger partial charge is 0.467 e. The fraction of sp³-hybridized carbons (Fsp3) is 0.400. The quantitative estimate of drug-likeness (QED) is 0.716. The highest BCUT2D eigenvalue weighted by Crippen LogP contribution is 2.34. The topological polar surface area (TPSA) is 77.8 Å². The van der Waals surface area contributed by atoms with Gasteiger partial charge in [-0.05, 0) is 44.3 Å². The lowest BCUT2D eigenvalue weighted by Crippen LogP contribution is -2.45. The minimum atomic E-state index is -0.627. The van der Waals surface area contributed by atoms with Crippen LogP contribution < -0.4 is 15.5 Å². The van der Waals surface area contributed by atoms with Crippen molar-refractivity contribution in [2.75, 3.05) is 45.2 Å². The fourth-order valence-electron chi connectivity index (χ4n) is 3.28. The summed E-state index contributed by atoms with van der Waals surface area (Å²) in [5.41, 5.74) is 2.42. The number of rotatable bonds is 7. The van der Waals surface area contributed by atoms with Crippen LogP contribution in [0.1, 0.15) is 17.4 Å². The zero-order valence-corrected chi connectivity index (χ0v) is 15.8. The molecule has 2 heterocycles. The molecule has 2 aromatic rings. The van der Waals surface area contributed by atoms with E-state index in [1.807, 2.05) is 43.3 Å². The average Bonchev–Trinajstić information content (AvgIpc) is 3.32. The molecule has 144 valence electrons. The zero-order valence-electron chi connectivity index (χ0n) is 15.8. The molecule has 0 saturated heterocycles. The van der Waals surface area contributed by atoms with Crippen LogP contribution in [0.25, 0.3) is 0 Å². The summed E-state index contributed by atoms with van der Waals surface area (Å²) in [7, 11) is 3.82. The average molecular weight is 370 g/mol. The lowest BCUT2D eigenvalue weighted by atomic mass is 10.1. The molecule has 1 aromatic heterocycles. The highest BCUT2D eigenvalue weighted by atomic mass is 16.3. The minimum Gasteiger partial charge on any atom is -0.467 e. The summed E-state index contributed by atoms with van der Waals surface area (Å²) < 4.78 is 5.61. The first-order chi connectivity index (χ1) is 13.1. The Morgan fingerprint density at radius 3 is 2.67 bits per heavy atom. The molecule has 1 atom stereocenters. The molecule has 0 saturated carbocycles. The van der Waals surface area contributed by atoms with Crippen molar-refractivity contribution in [2.45, 2.75) is 12.5 Å². The number of nitrogens with one attached hydrogen (secondary N) is 2. The molecule has 3 rings (SSSR count). The molecule has 1 aliphatic heterocycles. The molecule has 1 aliphatic rings. The summed E-state index contributed by atoms with van der Waals surface area (Å²) in [6.45, 7) is 2.25. The second-order valence-electron chi connectivity index (χ2n) is 6.87. The van der Waals surface area contributed by atoms with Crippen molar-refractivity contribution >= 4 is 17.5 Å². The van der Waals surface area contributed by atoms with Gasteiger partial charge in [0.2, 0.25) is 0 Å². The first-order valence-electron chi connectivity index (χ1n) is 9.15. The van der Waals surface area contributed by atoms with Gasteiger partial charge in [-0.3, -0.25) is 9.59 Å². The van der Waals surface area contributed by atoms with Crippen molar-refractivity contribution in [2.24, 2.45) is 0 Å². The Bertz CT molecular complexity index is 773. The summed E-state index contributed by atoms with van der Waals surface area (Å²) >= 11 is 0. The first-order valence-corrected chi connectivity index (χ1v) is 9.15. The molecule has 1 aromatic carbocycles. The SMILES string of the molecule is CN(C)CCNC(=O)C(=O)NCC(c1ccco1)N1CCc2ccccc21. The molecule has 7 heteroatoms. The summed E-state index contributed by atoms with van der Waals surface area (Å²) in [5.74, 6) is -0.477. The number of fused-ring (bicyclic) bond motifs is 1. The molecule has 0 bridgehead atoms. The van der Waals surface area contributed by atoms with Gasteiger partial charge in [0, 0.05) is 31.9 Å². The van der Waals surface area contributed by atoms with E-state index in [2.05, 4.69) is 27.7 Å². The van der Waals surface area contributed by atoms with E-state index in [1.165, 1.54) is 5.56 Å². The molecule has 2 N–H and O–H groups in total. The Morgan fingerprint density at radius 2 is 1.93 bits per heavy atom. The summed E-state index contributed by atoms with van der Waals surface area (Å²) in [4.78, 5) is 28.3. The van der Waals surface area contributed by atoms with Crippen molar-refractivity contribution < 1.29 is 14.0 Å². The molecule has 2 amide bonds. The maximum absolute atomic E-state index is 12.2. The maximum Gasteiger partial charge on any atom is 0.309 e.